The maximum absolute atomic E-state index is 11.6. The van der Waals surface area contributed by atoms with Gasteiger partial charge in [-0.15, -0.1) is 0 Å². The number of ketones is 1. The average molecular weight is 294 g/mol. The third kappa shape index (κ3) is 4.59. The number of hydrogen-bond acceptors (Lipinski definition) is 6. The van der Waals surface area contributed by atoms with Crippen molar-refractivity contribution in [1.29, 1.82) is 0 Å². The van der Waals surface area contributed by atoms with Crippen molar-refractivity contribution in [3.05, 3.63) is 40.0 Å². The summed E-state index contributed by atoms with van der Waals surface area (Å²) in [4.78, 5) is 33.7. The molecule has 1 aromatic rings. The molecule has 0 radical (unpaired) electrons. The zero-order valence-electron chi connectivity index (χ0n) is 12.2. The van der Waals surface area contributed by atoms with E-state index in [1.165, 1.54) is 26.2 Å². The molecular weight excluding hydrogens is 276 g/mol. The van der Waals surface area contributed by atoms with Crippen LogP contribution in [0.25, 0.3) is 0 Å². The summed E-state index contributed by atoms with van der Waals surface area (Å²) >= 11 is 0. The Bertz CT molecular complexity index is 611. The van der Waals surface area contributed by atoms with Crippen molar-refractivity contribution in [1.82, 2.24) is 0 Å². The van der Waals surface area contributed by atoms with Crippen LogP contribution in [0.4, 0.5) is 0 Å². The Balaban J connectivity index is 2.78. The van der Waals surface area contributed by atoms with Crippen LogP contribution in [0.15, 0.2) is 27.4 Å². The lowest BCUT2D eigenvalue weighted by atomic mass is 10.0. The number of esters is 1. The molecule has 0 fully saturated rings. The zero-order chi connectivity index (χ0) is 16.0. The van der Waals surface area contributed by atoms with Crippen LogP contribution in [-0.2, 0) is 9.53 Å². The molecule has 1 heterocycles. The van der Waals surface area contributed by atoms with Crippen LogP contribution in [0.1, 0.15) is 48.7 Å². The molecule has 21 heavy (non-hydrogen) atoms. The summed E-state index contributed by atoms with van der Waals surface area (Å²) in [6, 6.07) is 1.28. The first-order valence-corrected chi connectivity index (χ1v) is 6.49. The Hall–Kier alpha value is -2.37. The van der Waals surface area contributed by atoms with Crippen molar-refractivity contribution in [3.63, 3.8) is 0 Å². The molecular formula is C15H18O6. The van der Waals surface area contributed by atoms with Gasteiger partial charge in [-0.1, -0.05) is 13.0 Å². The molecule has 6 heteroatoms. The second kappa shape index (κ2) is 7.42. The van der Waals surface area contributed by atoms with E-state index in [-0.39, 0.29) is 17.2 Å². The van der Waals surface area contributed by atoms with E-state index in [4.69, 9.17) is 4.42 Å². The van der Waals surface area contributed by atoms with Crippen LogP contribution < -0.4 is 5.63 Å². The minimum atomic E-state index is -0.838. The summed E-state index contributed by atoms with van der Waals surface area (Å²) < 4.78 is 9.52. The monoisotopic (exact) mass is 294 g/mol. The van der Waals surface area contributed by atoms with Crippen molar-refractivity contribution in [2.75, 3.05) is 7.11 Å². The third-order valence-electron chi connectivity index (χ3n) is 3.01. The molecule has 1 rings (SSSR count). The average Bonchev–Trinajstić information content (AvgIpc) is 2.41. The second-order valence-corrected chi connectivity index (χ2v) is 4.66. The Morgan fingerprint density at radius 1 is 1.48 bits per heavy atom. The highest BCUT2D eigenvalue weighted by molar-refractivity contribution is 5.96. The highest BCUT2D eigenvalue weighted by Gasteiger charge is 2.17. The maximum Gasteiger partial charge on any atom is 0.350 e. The molecule has 0 bridgehead atoms. The third-order valence-corrected chi connectivity index (χ3v) is 3.01. The van der Waals surface area contributed by atoms with Gasteiger partial charge in [0, 0.05) is 18.1 Å². The second-order valence-electron chi connectivity index (χ2n) is 4.66. The summed E-state index contributed by atoms with van der Waals surface area (Å²) in [5, 5.41) is 9.71. The summed E-state index contributed by atoms with van der Waals surface area (Å²) in [7, 11) is 1.29. The zero-order valence-corrected chi connectivity index (χ0v) is 12.2. The van der Waals surface area contributed by atoms with E-state index in [0.29, 0.717) is 18.6 Å². The van der Waals surface area contributed by atoms with E-state index in [1.807, 2.05) is 6.92 Å². The molecule has 0 saturated heterocycles. The lowest BCUT2D eigenvalue weighted by molar-refractivity contribution is -0.134. The lowest BCUT2D eigenvalue weighted by Crippen LogP contribution is -2.13. The fourth-order valence-electron chi connectivity index (χ4n) is 1.80. The SMILES string of the molecule is COC(=O)C=CCCC(C)c1cc(O)c(C(C)=O)c(=O)o1. The number of Topliss-reactive ketones (excluding diaryl/α,β-unsaturated/α-hetero) is 1. The molecule has 0 aliphatic rings. The fraction of sp³-hybridized carbons (Fsp3) is 0.400. The van der Waals surface area contributed by atoms with Gasteiger partial charge in [-0.25, -0.2) is 9.59 Å². The van der Waals surface area contributed by atoms with Crippen LogP contribution in [0.3, 0.4) is 0 Å². The van der Waals surface area contributed by atoms with E-state index >= 15 is 0 Å². The molecule has 1 N–H and O–H groups in total. The molecule has 6 nitrogen and oxygen atoms in total. The van der Waals surface area contributed by atoms with Crippen LogP contribution in [-0.4, -0.2) is 24.0 Å². The Morgan fingerprint density at radius 3 is 2.67 bits per heavy atom. The number of allylic oxidation sites excluding steroid dienone is 1. The first kappa shape index (κ1) is 16.7. The number of aromatic hydroxyl groups is 1. The van der Waals surface area contributed by atoms with Gasteiger partial charge in [0.25, 0.3) is 0 Å². The molecule has 0 spiro atoms. The van der Waals surface area contributed by atoms with Gasteiger partial charge in [-0.2, -0.15) is 0 Å². The predicted molar refractivity (Wildman–Crippen MR) is 75.5 cm³/mol. The largest absolute Gasteiger partial charge is 0.507 e. The smallest absolute Gasteiger partial charge is 0.350 e. The Labute approximate surface area is 122 Å². The topological polar surface area (TPSA) is 93.8 Å². The number of ether oxygens (including phenoxy) is 1. The van der Waals surface area contributed by atoms with Crippen molar-refractivity contribution >= 4 is 11.8 Å². The van der Waals surface area contributed by atoms with Crippen LogP contribution in [0.2, 0.25) is 0 Å². The van der Waals surface area contributed by atoms with E-state index in [0.717, 1.165) is 0 Å². The summed E-state index contributed by atoms with van der Waals surface area (Å²) in [5.41, 5.74) is -1.18. The number of methoxy groups -OCH3 is 1. The molecule has 0 aliphatic carbocycles. The van der Waals surface area contributed by atoms with Gasteiger partial charge in [0.2, 0.25) is 0 Å². The van der Waals surface area contributed by atoms with Gasteiger partial charge in [0.15, 0.2) is 5.78 Å². The minimum Gasteiger partial charge on any atom is -0.507 e. The van der Waals surface area contributed by atoms with E-state index in [1.54, 1.807) is 6.08 Å². The van der Waals surface area contributed by atoms with Crippen LogP contribution >= 0.6 is 0 Å². The summed E-state index contributed by atoms with van der Waals surface area (Å²) in [6.45, 7) is 3.00. The van der Waals surface area contributed by atoms with Gasteiger partial charge in [0.1, 0.15) is 17.1 Å². The van der Waals surface area contributed by atoms with E-state index < -0.39 is 17.4 Å². The number of carbonyl (C=O) groups is 2. The van der Waals surface area contributed by atoms with Crippen molar-refractivity contribution < 1.29 is 23.8 Å². The normalized spacial score (nSPS) is 12.3. The first-order chi connectivity index (χ1) is 9.86. The van der Waals surface area contributed by atoms with Gasteiger partial charge >= 0.3 is 11.6 Å². The Morgan fingerprint density at radius 2 is 2.14 bits per heavy atom. The van der Waals surface area contributed by atoms with E-state index in [9.17, 15) is 19.5 Å². The van der Waals surface area contributed by atoms with E-state index in [2.05, 4.69) is 4.74 Å². The highest BCUT2D eigenvalue weighted by atomic mass is 16.5. The molecule has 0 aromatic carbocycles. The maximum atomic E-state index is 11.6. The molecule has 1 atom stereocenters. The quantitative estimate of drug-likeness (QED) is 0.491. The molecule has 0 saturated carbocycles. The van der Waals surface area contributed by atoms with Gasteiger partial charge in [-0.05, 0) is 19.8 Å². The summed E-state index contributed by atoms with van der Waals surface area (Å²) in [5.74, 6) is -1.19. The number of rotatable bonds is 6. The van der Waals surface area contributed by atoms with Crippen LogP contribution in [0.5, 0.6) is 5.75 Å². The van der Waals surface area contributed by atoms with Crippen molar-refractivity contribution in [3.8, 4) is 5.75 Å². The molecule has 0 aliphatic heterocycles. The lowest BCUT2D eigenvalue weighted by Gasteiger charge is -2.10. The molecule has 0 amide bonds. The Kier molecular flexibility index (Phi) is 5.90. The molecule has 1 aromatic heterocycles. The standard InChI is InChI=1S/C15H18O6/c1-9(6-4-5-7-13(18)20-3)12-8-11(17)14(10(2)16)15(19)21-12/h5,7-9,17H,4,6H2,1-3H3. The number of carbonyl (C=O) groups excluding carboxylic acids is 2. The van der Waals surface area contributed by atoms with Crippen LogP contribution in [0, 0.1) is 0 Å². The predicted octanol–water partition coefficient (Wildman–Crippen LogP) is 2.16. The van der Waals surface area contributed by atoms with Crippen molar-refractivity contribution in [2.24, 2.45) is 0 Å². The van der Waals surface area contributed by atoms with Gasteiger partial charge in [0.05, 0.1) is 7.11 Å². The summed E-state index contributed by atoms with van der Waals surface area (Å²) in [6.07, 6.45) is 4.16. The van der Waals surface area contributed by atoms with Gasteiger partial charge in [-0.3, -0.25) is 4.79 Å². The minimum absolute atomic E-state index is 0.146. The molecule has 114 valence electrons. The fourth-order valence-corrected chi connectivity index (χ4v) is 1.80. The van der Waals surface area contributed by atoms with Crippen molar-refractivity contribution in [2.45, 2.75) is 32.6 Å². The highest BCUT2D eigenvalue weighted by Crippen LogP contribution is 2.24. The molecule has 1 unspecified atom stereocenters. The first-order valence-electron chi connectivity index (χ1n) is 6.49. The van der Waals surface area contributed by atoms with Gasteiger partial charge < -0.3 is 14.3 Å². The number of hydrogen-bond donors (Lipinski definition) is 1.